The first-order chi connectivity index (χ1) is 17.1. The Morgan fingerprint density at radius 3 is 1.53 bits per heavy atom. The summed E-state index contributed by atoms with van der Waals surface area (Å²) in [4.78, 5) is 0. The lowest BCUT2D eigenvalue weighted by Gasteiger charge is -2.65. The molecule has 0 saturated carbocycles. The molecular formula is C30H50O6. The highest BCUT2D eigenvalue weighted by molar-refractivity contribution is 5.49. The molecule has 7 fully saturated rings. The molecule has 7 aliphatic heterocycles. The summed E-state index contributed by atoms with van der Waals surface area (Å²) >= 11 is 0. The van der Waals surface area contributed by atoms with E-state index in [9.17, 15) is 0 Å². The van der Waals surface area contributed by atoms with E-state index in [2.05, 4.69) is 41.5 Å². The Balaban J connectivity index is 0.769. The van der Waals surface area contributed by atoms with Gasteiger partial charge in [-0.3, -0.25) is 18.9 Å². The van der Waals surface area contributed by atoms with Crippen molar-refractivity contribution in [2.24, 2.45) is 29.6 Å². The minimum Gasteiger partial charge on any atom is -0.334 e. The highest BCUT2D eigenvalue weighted by Crippen LogP contribution is 2.97. The van der Waals surface area contributed by atoms with Gasteiger partial charge in [0.15, 0.2) is 0 Å². The fourth-order valence-electron chi connectivity index (χ4n) is 7.46. The van der Waals surface area contributed by atoms with Crippen LogP contribution < -0.4 is 0 Å². The maximum Gasteiger partial charge on any atom is 0.339 e. The predicted octanol–water partition coefficient (Wildman–Crippen LogP) is 7.25. The van der Waals surface area contributed by atoms with Crippen LogP contribution in [0.1, 0.15) is 125 Å². The zero-order chi connectivity index (χ0) is 25.4. The third-order valence-corrected chi connectivity index (χ3v) is 10.1. The summed E-state index contributed by atoms with van der Waals surface area (Å²) in [5, 5.41) is 0. The van der Waals surface area contributed by atoms with E-state index in [1.54, 1.807) is 0 Å². The lowest BCUT2D eigenvalue weighted by Crippen LogP contribution is -2.94. The van der Waals surface area contributed by atoms with Crippen molar-refractivity contribution in [3.8, 4) is 0 Å². The summed E-state index contributed by atoms with van der Waals surface area (Å²) in [6, 6.07) is 0. The Morgan fingerprint density at radius 1 is 0.528 bits per heavy atom. The van der Waals surface area contributed by atoms with E-state index in [1.807, 2.05) is 0 Å². The van der Waals surface area contributed by atoms with Gasteiger partial charge in [0.25, 0.3) is 17.2 Å². The molecule has 36 heavy (non-hydrogen) atoms. The minimum atomic E-state index is -0.977. The molecule has 7 heterocycles. The summed E-state index contributed by atoms with van der Waals surface area (Å²) in [6.07, 6.45) is 17.8. The van der Waals surface area contributed by atoms with Crippen LogP contribution in [0.3, 0.4) is 0 Å². The number of hydrogen-bond donors (Lipinski definition) is 0. The normalized spacial score (nSPS) is 45.2. The molecule has 206 valence electrons. The maximum absolute atomic E-state index is 6.03. The highest BCUT2D eigenvalue weighted by Gasteiger charge is 3.28. The molecule has 6 heteroatoms. The number of unbranched alkanes of at least 4 members (excludes halogenated alkanes) is 1. The zero-order valence-electron chi connectivity index (χ0n) is 23.6. The number of fused-ring (bicyclic) bond motifs is 1. The second kappa shape index (κ2) is 8.89. The molecule has 0 aromatic heterocycles. The highest BCUT2D eigenvalue weighted by atomic mass is 17.3. The van der Waals surface area contributed by atoms with Crippen molar-refractivity contribution >= 4 is 0 Å². The van der Waals surface area contributed by atoms with Gasteiger partial charge in [-0.2, -0.15) is 0 Å². The van der Waals surface area contributed by atoms with Crippen LogP contribution in [0.15, 0.2) is 0 Å². The van der Waals surface area contributed by atoms with Gasteiger partial charge in [0, 0.05) is 0 Å². The Hall–Kier alpha value is -0.240. The van der Waals surface area contributed by atoms with Gasteiger partial charge in [-0.15, -0.1) is 0 Å². The first-order valence-electron chi connectivity index (χ1n) is 15.3. The largest absolute Gasteiger partial charge is 0.339 e. The van der Waals surface area contributed by atoms with E-state index in [0.717, 1.165) is 23.7 Å². The first kappa shape index (κ1) is 26.0. The smallest absolute Gasteiger partial charge is 0.334 e. The van der Waals surface area contributed by atoms with E-state index in [4.69, 9.17) is 28.4 Å². The van der Waals surface area contributed by atoms with Crippen molar-refractivity contribution in [3.63, 3.8) is 0 Å². The molecule has 7 saturated heterocycles. The van der Waals surface area contributed by atoms with Crippen LogP contribution in [0.2, 0.25) is 0 Å². The second-order valence-electron chi connectivity index (χ2n) is 13.9. The van der Waals surface area contributed by atoms with Crippen molar-refractivity contribution < 1.29 is 28.4 Å². The van der Waals surface area contributed by atoms with Crippen LogP contribution in [0, 0.1) is 29.6 Å². The van der Waals surface area contributed by atoms with E-state index in [1.165, 1.54) is 83.5 Å². The fourth-order valence-corrected chi connectivity index (χ4v) is 7.46. The summed E-state index contributed by atoms with van der Waals surface area (Å²) in [5.74, 6) is 0.713. The van der Waals surface area contributed by atoms with E-state index in [0.29, 0.717) is 5.92 Å². The quantitative estimate of drug-likeness (QED) is 0.144. The van der Waals surface area contributed by atoms with Crippen molar-refractivity contribution in [1.29, 1.82) is 0 Å². The van der Waals surface area contributed by atoms with Gasteiger partial charge in [0.05, 0.1) is 0 Å². The molecule has 0 aromatic rings. The van der Waals surface area contributed by atoms with Crippen molar-refractivity contribution in [2.75, 3.05) is 0 Å². The maximum atomic E-state index is 6.03. The summed E-state index contributed by atoms with van der Waals surface area (Å²) < 4.78 is 34.4. The third-order valence-electron chi connectivity index (χ3n) is 10.1. The molecule has 5 spiro atoms. The van der Waals surface area contributed by atoms with Gasteiger partial charge in [-0.1, -0.05) is 119 Å². The molecule has 0 amide bonds. The van der Waals surface area contributed by atoms with Crippen molar-refractivity contribution in [2.45, 2.75) is 160 Å². The van der Waals surface area contributed by atoms with Crippen LogP contribution in [0.5, 0.6) is 0 Å². The Kier molecular flexibility index (Phi) is 6.42. The summed E-state index contributed by atoms with van der Waals surface area (Å²) in [6.45, 7) is 14.3. The molecule has 2 bridgehead atoms. The second-order valence-corrected chi connectivity index (χ2v) is 13.9. The molecule has 7 aliphatic rings. The lowest BCUT2D eigenvalue weighted by molar-refractivity contribution is -0.722. The van der Waals surface area contributed by atoms with Gasteiger partial charge >= 0.3 is 11.9 Å². The Bertz CT molecular complexity index is 824. The van der Waals surface area contributed by atoms with E-state index < -0.39 is 29.1 Å². The molecular weight excluding hydrogens is 456 g/mol. The molecule has 0 aromatic carbocycles. The van der Waals surface area contributed by atoms with Crippen LogP contribution >= 0.6 is 0 Å². The zero-order valence-corrected chi connectivity index (χ0v) is 23.6. The summed E-state index contributed by atoms with van der Waals surface area (Å²) in [5.41, 5.74) is -0.529. The molecule has 0 radical (unpaired) electrons. The van der Waals surface area contributed by atoms with Gasteiger partial charge < -0.3 is 9.47 Å². The number of epoxide rings is 3. The Labute approximate surface area is 218 Å². The standard InChI is InChI=1S/C30H50O6/c1-20(2)12-9-15-23(5)17-10-16-21(3)13-7-8-14-22(4)18-11-19-24(6)25-26(31-25)28(32-26)27-29(33-27)35-30(27,34-28)36-29/h20-25H,7-19H2,1-6H3. The molecule has 7 rings (SSSR count). The van der Waals surface area contributed by atoms with Crippen LogP contribution in [0.25, 0.3) is 0 Å². The van der Waals surface area contributed by atoms with E-state index in [-0.39, 0.29) is 6.10 Å². The first-order valence-corrected chi connectivity index (χ1v) is 15.3. The summed E-state index contributed by atoms with van der Waals surface area (Å²) in [7, 11) is 0. The average Bonchev–Trinajstić information content (AvgIpc) is 3.73. The van der Waals surface area contributed by atoms with Crippen LogP contribution in [0.4, 0.5) is 0 Å². The monoisotopic (exact) mass is 506 g/mol. The molecule has 8 unspecified atom stereocenters. The van der Waals surface area contributed by atoms with Crippen LogP contribution in [-0.4, -0.2) is 35.2 Å². The van der Waals surface area contributed by atoms with Crippen molar-refractivity contribution in [3.05, 3.63) is 0 Å². The van der Waals surface area contributed by atoms with Crippen molar-refractivity contribution in [1.82, 2.24) is 0 Å². The lowest BCUT2D eigenvalue weighted by atomic mass is 9.77. The molecule has 0 N–H and O–H groups in total. The number of hydrogen-bond acceptors (Lipinski definition) is 6. The van der Waals surface area contributed by atoms with Gasteiger partial charge in [-0.05, 0) is 36.0 Å². The minimum absolute atomic E-state index is 0.102. The van der Waals surface area contributed by atoms with E-state index >= 15 is 0 Å². The van der Waals surface area contributed by atoms with Gasteiger partial charge in [0.1, 0.15) is 6.10 Å². The Morgan fingerprint density at radius 2 is 1.03 bits per heavy atom. The topological polar surface area (TPSA) is 65.3 Å². The van der Waals surface area contributed by atoms with Crippen LogP contribution in [-0.2, 0) is 28.4 Å². The molecule has 0 aliphatic carbocycles. The van der Waals surface area contributed by atoms with Gasteiger partial charge in [-0.25, -0.2) is 0 Å². The van der Waals surface area contributed by atoms with Gasteiger partial charge in [0.2, 0.25) is 0 Å². The fraction of sp³-hybridized carbons (Fsp3) is 1.00. The number of rotatable bonds is 18. The average molecular weight is 507 g/mol. The molecule has 6 nitrogen and oxygen atoms in total. The number of ether oxygens (including phenoxy) is 6. The predicted molar refractivity (Wildman–Crippen MR) is 135 cm³/mol. The molecule has 8 atom stereocenters. The SMILES string of the molecule is CC(C)CCCC(C)CCCC(C)CCCCC(C)CCCC(C)C1OC12OC21OC23OC4(O2)OC341. The third kappa shape index (κ3) is 3.64.